The predicted molar refractivity (Wildman–Crippen MR) is 104 cm³/mol. The Balaban J connectivity index is 2.45. The maximum absolute atomic E-state index is 13.4. The number of halogens is 3. The van der Waals surface area contributed by atoms with Crippen molar-refractivity contribution in [2.24, 2.45) is 0 Å². The third-order valence-corrected chi connectivity index (χ3v) is 4.07. The first kappa shape index (κ1) is 21.8. The smallest absolute Gasteiger partial charge is 0.416 e. The highest BCUT2D eigenvalue weighted by Crippen LogP contribution is 2.38. The summed E-state index contributed by atoms with van der Waals surface area (Å²) in [5.74, 6) is -0.308. The number of nitrogens with one attached hydrogen (secondary N) is 2. The number of ether oxygens (including phenoxy) is 1. The molecule has 0 aliphatic rings. The van der Waals surface area contributed by atoms with Crippen LogP contribution in [-0.2, 0) is 12.7 Å². The van der Waals surface area contributed by atoms with Gasteiger partial charge in [-0.05, 0) is 52.0 Å². The third-order valence-electron chi connectivity index (χ3n) is 4.07. The molecule has 4 nitrogen and oxygen atoms in total. The van der Waals surface area contributed by atoms with E-state index in [1.165, 1.54) is 7.11 Å². The lowest BCUT2D eigenvalue weighted by Gasteiger charge is -2.23. The molecule has 0 saturated heterocycles. The van der Waals surface area contributed by atoms with E-state index >= 15 is 0 Å². The van der Waals surface area contributed by atoms with E-state index in [1.54, 1.807) is 24.3 Å². The zero-order valence-electron chi connectivity index (χ0n) is 16.6. The Hall–Kier alpha value is -2.54. The molecule has 2 aromatic rings. The Bertz CT molecular complexity index is 838. The molecular weight excluding hydrogens is 369 g/mol. The fraction of sp³-hybridized carbons (Fsp3) is 0.381. The zero-order valence-corrected chi connectivity index (χ0v) is 16.6. The van der Waals surface area contributed by atoms with Gasteiger partial charge in [-0.1, -0.05) is 17.7 Å². The van der Waals surface area contributed by atoms with E-state index in [0.29, 0.717) is 11.1 Å². The standard InChI is InChI=1S/C21H25F3N2O2/c1-13-6-8-14(9-7-13)19(27)26-17-11-16(21(22,23)24)10-15(18(17)28-5)12-25-20(2,3)4/h6-11,25H,12H2,1-5H3,(H,26,27). The zero-order chi connectivity index (χ0) is 21.1. The van der Waals surface area contributed by atoms with Crippen LogP contribution in [-0.4, -0.2) is 18.6 Å². The van der Waals surface area contributed by atoms with Gasteiger partial charge in [0.1, 0.15) is 5.75 Å². The Morgan fingerprint density at radius 3 is 2.18 bits per heavy atom. The van der Waals surface area contributed by atoms with Gasteiger partial charge in [0.25, 0.3) is 5.91 Å². The van der Waals surface area contributed by atoms with Crippen molar-refractivity contribution in [2.45, 2.75) is 46.0 Å². The van der Waals surface area contributed by atoms with Gasteiger partial charge in [0.2, 0.25) is 0 Å². The summed E-state index contributed by atoms with van der Waals surface area (Å²) in [6, 6.07) is 8.69. The van der Waals surface area contributed by atoms with Crippen molar-refractivity contribution in [1.29, 1.82) is 0 Å². The molecule has 0 atom stereocenters. The van der Waals surface area contributed by atoms with E-state index < -0.39 is 17.6 Å². The second-order valence-corrected chi connectivity index (χ2v) is 7.64. The van der Waals surface area contributed by atoms with Crippen molar-refractivity contribution in [3.63, 3.8) is 0 Å². The number of aryl methyl sites for hydroxylation is 1. The van der Waals surface area contributed by atoms with Gasteiger partial charge in [0.05, 0.1) is 18.4 Å². The molecule has 0 spiro atoms. The number of amides is 1. The van der Waals surface area contributed by atoms with E-state index in [1.807, 2.05) is 27.7 Å². The van der Waals surface area contributed by atoms with E-state index in [-0.39, 0.29) is 23.5 Å². The van der Waals surface area contributed by atoms with Gasteiger partial charge in [0.15, 0.2) is 0 Å². The molecular formula is C21H25F3N2O2. The van der Waals surface area contributed by atoms with Gasteiger partial charge in [-0.25, -0.2) is 0 Å². The van der Waals surface area contributed by atoms with E-state index in [0.717, 1.165) is 17.7 Å². The largest absolute Gasteiger partial charge is 0.494 e. The number of carbonyl (C=O) groups excluding carboxylic acids is 1. The maximum atomic E-state index is 13.4. The summed E-state index contributed by atoms with van der Waals surface area (Å²) in [5.41, 5.74) is 0.464. The molecule has 7 heteroatoms. The van der Waals surface area contributed by atoms with Crippen LogP contribution in [0.25, 0.3) is 0 Å². The number of anilines is 1. The topological polar surface area (TPSA) is 50.4 Å². The molecule has 0 unspecified atom stereocenters. The van der Waals surface area contributed by atoms with Crippen LogP contribution in [0.1, 0.15) is 47.8 Å². The third kappa shape index (κ3) is 5.73. The van der Waals surface area contributed by atoms with Crippen LogP contribution in [0, 0.1) is 6.92 Å². The SMILES string of the molecule is COc1c(CNC(C)(C)C)cc(C(F)(F)F)cc1NC(=O)c1ccc(C)cc1. The Labute approximate surface area is 163 Å². The van der Waals surface area contributed by atoms with Crippen LogP contribution in [0.5, 0.6) is 5.75 Å². The van der Waals surface area contributed by atoms with Gasteiger partial charge in [-0.15, -0.1) is 0 Å². The quantitative estimate of drug-likeness (QED) is 0.736. The number of hydrogen-bond acceptors (Lipinski definition) is 3. The Kier molecular flexibility index (Phi) is 6.39. The van der Waals surface area contributed by atoms with Crippen LogP contribution in [0.3, 0.4) is 0 Å². The fourth-order valence-electron chi connectivity index (χ4n) is 2.58. The molecule has 0 radical (unpaired) electrons. The van der Waals surface area contributed by atoms with Gasteiger partial charge < -0.3 is 15.4 Å². The van der Waals surface area contributed by atoms with E-state index in [4.69, 9.17) is 4.74 Å². The van der Waals surface area contributed by atoms with Crippen molar-refractivity contribution in [2.75, 3.05) is 12.4 Å². The molecule has 2 rings (SSSR count). The van der Waals surface area contributed by atoms with Crippen molar-refractivity contribution in [3.05, 3.63) is 58.7 Å². The minimum absolute atomic E-state index is 0.0198. The maximum Gasteiger partial charge on any atom is 0.416 e. The van der Waals surface area contributed by atoms with Crippen molar-refractivity contribution < 1.29 is 22.7 Å². The molecule has 1 amide bonds. The number of benzene rings is 2. The van der Waals surface area contributed by atoms with Crippen LogP contribution >= 0.6 is 0 Å². The van der Waals surface area contributed by atoms with Crippen molar-refractivity contribution in [3.8, 4) is 5.75 Å². The van der Waals surface area contributed by atoms with Crippen LogP contribution in [0.2, 0.25) is 0 Å². The molecule has 2 N–H and O–H groups in total. The summed E-state index contributed by atoms with van der Waals surface area (Å²) in [7, 11) is 1.37. The summed E-state index contributed by atoms with van der Waals surface area (Å²) in [4.78, 5) is 12.5. The number of rotatable bonds is 5. The predicted octanol–water partition coefficient (Wildman–Crippen LogP) is 5.16. The fourth-order valence-corrected chi connectivity index (χ4v) is 2.58. The molecule has 0 bridgehead atoms. The summed E-state index contributed by atoms with van der Waals surface area (Å²) < 4.78 is 45.5. The number of carbonyl (C=O) groups is 1. The molecule has 2 aromatic carbocycles. The van der Waals surface area contributed by atoms with Crippen LogP contribution < -0.4 is 15.4 Å². The van der Waals surface area contributed by atoms with Crippen LogP contribution in [0.15, 0.2) is 36.4 Å². The highest BCUT2D eigenvalue weighted by Gasteiger charge is 2.33. The second kappa shape index (κ2) is 8.22. The first-order valence-corrected chi connectivity index (χ1v) is 8.82. The molecule has 0 heterocycles. The van der Waals surface area contributed by atoms with E-state index in [9.17, 15) is 18.0 Å². The van der Waals surface area contributed by atoms with Gasteiger partial charge >= 0.3 is 6.18 Å². The molecule has 0 aromatic heterocycles. The van der Waals surface area contributed by atoms with Gasteiger partial charge in [-0.3, -0.25) is 4.79 Å². The number of methoxy groups -OCH3 is 1. The van der Waals surface area contributed by atoms with Gasteiger partial charge in [0, 0.05) is 23.2 Å². The minimum atomic E-state index is -4.55. The molecule has 28 heavy (non-hydrogen) atoms. The first-order valence-electron chi connectivity index (χ1n) is 8.82. The molecule has 0 fully saturated rings. The number of hydrogen-bond donors (Lipinski definition) is 2. The lowest BCUT2D eigenvalue weighted by Crippen LogP contribution is -2.35. The molecule has 0 aliphatic heterocycles. The summed E-state index contributed by atoms with van der Waals surface area (Å²) in [6.07, 6.45) is -4.55. The molecule has 0 saturated carbocycles. The first-order chi connectivity index (χ1) is 12.9. The van der Waals surface area contributed by atoms with Gasteiger partial charge in [-0.2, -0.15) is 13.2 Å². The molecule has 0 aliphatic carbocycles. The highest BCUT2D eigenvalue weighted by atomic mass is 19.4. The minimum Gasteiger partial charge on any atom is -0.494 e. The normalized spacial score (nSPS) is 12.0. The lowest BCUT2D eigenvalue weighted by atomic mass is 10.0. The lowest BCUT2D eigenvalue weighted by molar-refractivity contribution is -0.137. The average Bonchev–Trinajstić information content (AvgIpc) is 2.58. The second-order valence-electron chi connectivity index (χ2n) is 7.64. The van der Waals surface area contributed by atoms with E-state index in [2.05, 4.69) is 10.6 Å². The number of alkyl halides is 3. The highest BCUT2D eigenvalue weighted by molar-refractivity contribution is 6.05. The van der Waals surface area contributed by atoms with Crippen molar-refractivity contribution in [1.82, 2.24) is 5.32 Å². The summed E-state index contributed by atoms with van der Waals surface area (Å²) >= 11 is 0. The summed E-state index contributed by atoms with van der Waals surface area (Å²) in [6.45, 7) is 7.77. The average molecular weight is 394 g/mol. The molecule has 152 valence electrons. The van der Waals surface area contributed by atoms with Crippen molar-refractivity contribution >= 4 is 11.6 Å². The Morgan fingerprint density at radius 1 is 1.07 bits per heavy atom. The Morgan fingerprint density at radius 2 is 1.68 bits per heavy atom. The van der Waals surface area contributed by atoms with Crippen LogP contribution in [0.4, 0.5) is 18.9 Å². The monoisotopic (exact) mass is 394 g/mol. The summed E-state index contributed by atoms with van der Waals surface area (Å²) in [5, 5.41) is 5.71.